The average Bonchev–Trinajstić information content (AvgIpc) is 2.75. The highest BCUT2D eigenvalue weighted by Gasteiger charge is 2.18. The Kier molecular flexibility index (Phi) is 2.50. The van der Waals surface area contributed by atoms with Crippen LogP contribution in [0.15, 0.2) is 17.6 Å². The number of anilines is 1. The van der Waals surface area contributed by atoms with Crippen molar-refractivity contribution in [2.75, 3.05) is 5.73 Å². The van der Waals surface area contributed by atoms with Gasteiger partial charge in [-0.2, -0.15) is 5.10 Å². The number of hydrogen-bond donors (Lipinski definition) is 2. The van der Waals surface area contributed by atoms with Gasteiger partial charge in [-0.1, -0.05) is 0 Å². The van der Waals surface area contributed by atoms with Crippen molar-refractivity contribution in [2.24, 2.45) is 7.05 Å². The summed E-state index contributed by atoms with van der Waals surface area (Å²) in [4.78, 5) is 1.10. The highest BCUT2D eigenvalue weighted by atomic mass is 32.1. The Labute approximate surface area is 92.0 Å². The molecule has 0 radical (unpaired) electrons. The maximum absolute atomic E-state index is 10.1. The van der Waals surface area contributed by atoms with Crippen LogP contribution in [0.25, 0.3) is 0 Å². The molecule has 0 saturated carbocycles. The summed E-state index contributed by atoms with van der Waals surface area (Å²) in [6.45, 7) is 1.98. The van der Waals surface area contributed by atoms with Crippen molar-refractivity contribution < 1.29 is 5.11 Å². The van der Waals surface area contributed by atoms with E-state index in [1.54, 1.807) is 29.3 Å². The van der Waals surface area contributed by atoms with Gasteiger partial charge in [-0.15, -0.1) is 11.3 Å². The summed E-state index contributed by atoms with van der Waals surface area (Å²) in [5.41, 5.74) is 7.37. The minimum atomic E-state index is -0.676. The van der Waals surface area contributed by atoms with Gasteiger partial charge in [0.05, 0.1) is 6.20 Å². The van der Waals surface area contributed by atoms with E-state index in [1.807, 2.05) is 18.4 Å². The van der Waals surface area contributed by atoms with E-state index >= 15 is 0 Å². The molecule has 5 heteroatoms. The van der Waals surface area contributed by atoms with Gasteiger partial charge in [0.1, 0.15) is 11.9 Å². The second-order valence-electron chi connectivity index (χ2n) is 3.44. The van der Waals surface area contributed by atoms with Gasteiger partial charge in [-0.3, -0.25) is 4.68 Å². The summed E-state index contributed by atoms with van der Waals surface area (Å²) in [6, 6.07) is 1.91. The minimum absolute atomic E-state index is 0.508. The second-order valence-corrected chi connectivity index (χ2v) is 4.56. The second kappa shape index (κ2) is 3.67. The van der Waals surface area contributed by atoms with Gasteiger partial charge in [-0.05, 0) is 23.9 Å². The predicted octanol–water partition coefficient (Wildman–Crippen LogP) is 1.45. The zero-order chi connectivity index (χ0) is 11.0. The number of nitrogen functional groups attached to an aromatic ring is 1. The van der Waals surface area contributed by atoms with E-state index in [-0.39, 0.29) is 0 Å². The Bertz CT molecular complexity index is 475. The van der Waals surface area contributed by atoms with E-state index in [0.717, 1.165) is 10.4 Å². The highest BCUT2D eigenvalue weighted by Crippen LogP contribution is 2.30. The molecule has 0 aliphatic heterocycles. The molecular formula is C10H13N3OS. The number of aliphatic hydroxyl groups excluding tert-OH is 1. The molecule has 2 aromatic heterocycles. The van der Waals surface area contributed by atoms with Crippen molar-refractivity contribution in [1.29, 1.82) is 0 Å². The summed E-state index contributed by atoms with van der Waals surface area (Å²) < 4.78 is 1.56. The SMILES string of the molecule is Cc1sccc1C(O)c1cnn(C)c1N. The van der Waals surface area contributed by atoms with Crippen LogP contribution in [0.4, 0.5) is 5.82 Å². The van der Waals surface area contributed by atoms with Gasteiger partial charge in [0, 0.05) is 17.5 Å². The van der Waals surface area contributed by atoms with Crippen molar-refractivity contribution in [3.8, 4) is 0 Å². The molecule has 2 heterocycles. The largest absolute Gasteiger partial charge is 0.384 e. The lowest BCUT2D eigenvalue weighted by atomic mass is 10.1. The van der Waals surface area contributed by atoms with Gasteiger partial charge in [0.2, 0.25) is 0 Å². The van der Waals surface area contributed by atoms with Crippen LogP contribution in [0.2, 0.25) is 0 Å². The maximum Gasteiger partial charge on any atom is 0.127 e. The minimum Gasteiger partial charge on any atom is -0.384 e. The standard InChI is InChI=1S/C10H13N3OS/c1-6-7(3-4-15-6)9(14)8-5-12-13(2)10(8)11/h3-5,9,14H,11H2,1-2H3. The van der Waals surface area contributed by atoms with E-state index in [9.17, 15) is 5.11 Å². The van der Waals surface area contributed by atoms with E-state index in [2.05, 4.69) is 5.10 Å². The molecule has 15 heavy (non-hydrogen) atoms. The summed E-state index contributed by atoms with van der Waals surface area (Å²) in [6.07, 6.45) is 0.932. The molecule has 2 aromatic rings. The van der Waals surface area contributed by atoms with Gasteiger partial charge >= 0.3 is 0 Å². The number of rotatable bonds is 2. The van der Waals surface area contributed by atoms with E-state index in [1.165, 1.54) is 0 Å². The third-order valence-corrected chi connectivity index (χ3v) is 3.36. The number of thiophene rings is 1. The van der Waals surface area contributed by atoms with Crippen LogP contribution in [0.5, 0.6) is 0 Å². The van der Waals surface area contributed by atoms with Gasteiger partial charge < -0.3 is 10.8 Å². The first-order valence-corrected chi connectivity index (χ1v) is 5.48. The lowest BCUT2D eigenvalue weighted by Gasteiger charge is -2.09. The Balaban J connectivity index is 2.41. The molecule has 2 rings (SSSR count). The lowest BCUT2D eigenvalue weighted by molar-refractivity contribution is 0.221. The van der Waals surface area contributed by atoms with Gasteiger partial charge in [0.25, 0.3) is 0 Å². The van der Waals surface area contributed by atoms with Crippen LogP contribution in [0.3, 0.4) is 0 Å². The number of aryl methyl sites for hydroxylation is 2. The first-order chi connectivity index (χ1) is 7.11. The van der Waals surface area contributed by atoms with Crippen molar-refractivity contribution in [2.45, 2.75) is 13.0 Å². The molecule has 0 aliphatic carbocycles. The Morgan fingerprint density at radius 1 is 1.53 bits per heavy atom. The monoisotopic (exact) mass is 223 g/mol. The zero-order valence-electron chi connectivity index (χ0n) is 8.64. The number of aromatic nitrogens is 2. The molecule has 0 spiro atoms. The molecule has 0 aromatic carbocycles. The molecular weight excluding hydrogens is 210 g/mol. The molecule has 1 unspecified atom stereocenters. The number of hydrogen-bond acceptors (Lipinski definition) is 4. The fraction of sp³-hybridized carbons (Fsp3) is 0.300. The molecule has 4 nitrogen and oxygen atoms in total. The molecule has 0 fully saturated rings. The van der Waals surface area contributed by atoms with Crippen molar-refractivity contribution in [3.05, 3.63) is 33.6 Å². The lowest BCUT2D eigenvalue weighted by Crippen LogP contribution is -2.04. The van der Waals surface area contributed by atoms with Crippen LogP contribution in [-0.2, 0) is 7.05 Å². The van der Waals surface area contributed by atoms with E-state index in [4.69, 9.17) is 5.73 Å². The molecule has 0 amide bonds. The topological polar surface area (TPSA) is 64.1 Å². The molecule has 0 aliphatic rings. The van der Waals surface area contributed by atoms with Crippen molar-refractivity contribution in [1.82, 2.24) is 9.78 Å². The summed E-state index contributed by atoms with van der Waals surface area (Å²) in [5, 5.41) is 16.1. The van der Waals surface area contributed by atoms with Crippen LogP contribution >= 0.6 is 11.3 Å². The van der Waals surface area contributed by atoms with Crippen molar-refractivity contribution in [3.63, 3.8) is 0 Å². The number of aliphatic hydroxyl groups is 1. The zero-order valence-corrected chi connectivity index (χ0v) is 9.45. The molecule has 3 N–H and O–H groups in total. The highest BCUT2D eigenvalue weighted by molar-refractivity contribution is 7.10. The number of nitrogens with zero attached hydrogens (tertiary/aromatic N) is 2. The van der Waals surface area contributed by atoms with Crippen LogP contribution < -0.4 is 5.73 Å². The molecule has 80 valence electrons. The normalized spacial score (nSPS) is 13.0. The maximum atomic E-state index is 10.1. The van der Waals surface area contributed by atoms with Crippen molar-refractivity contribution >= 4 is 17.2 Å². The third kappa shape index (κ3) is 1.64. The Morgan fingerprint density at radius 2 is 2.27 bits per heavy atom. The smallest absolute Gasteiger partial charge is 0.127 e. The van der Waals surface area contributed by atoms with E-state index < -0.39 is 6.10 Å². The number of nitrogens with two attached hydrogens (primary N) is 1. The van der Waals surface area contributed by atoms with Gasteiger partial charge in [0.15, 0.2) is 0 Å². The van der Waals surface area contributed by atoms with Crippen LogP contribution in [-0.4, -0.2) is 14.9 Å². The van der Waals surface area contributed by atoms with E-state index in [0.29, 0.717) is 11.4 Å². The molecule has 0 saturated heterocycles. The van der Waals surface area contributed by atoms with Crippen LogP contribution in [0.1, 0.15) is 22.1 Å². The summed E-state index contributed by atoms with van der Waals surface area (Å²) in [5.74, 6) is 0.508. The first kappa shape index (κ1) is 10.2. The Hall–Kier alpha value is -1.33. The predicted molar refractivity (Wildman–Crippen MR) is 60.7 cm³/mol. The first-order valence-electron chi connectivity index (χ1n) is 4.60. The summed E-state index contributed by atoms with van der Waals surface area (Å²) in [7, 11) is 1.76. The third-order valence-electron chi connectivity index (χ3n) is 2.50. The molecule has 1 atom stereocenters. The van der Waals surface area contributed by atoms with Gasteiger partial charge in [-0.25, -0.2) is 0 Å². The fourth-order valence-electron chi connectivity index (χ4n) is 1.52. The quantitative estimate of drug-likeness (QED) is 0.810. The Morgan fingerprint density at radius 3 is 2.73 bits per heavy atom. The molecule has 0 bridgehead atoms. The summed E-state index contributed by atoms with van der Waals surface area (Å²) >= 11 is 1.61. The van der Waals surface area contributed by atoms with Crippen LogP contribution in [0, 0.1) is 6.92 Å². The average molecular weight is 223 g/mol. The fourth-order valence-corrected chi connectivity index (χ4v) is 2.26.